The Hall–Kier alpha value is -2.38. The minimum atomic E-state index is -5.07. The summed E-state index contributed by atoms with van der Waals surface area (Å²) in [6.45, 7) is 0. The zero-order valence-electron chi connectivity index (χ0n) is 10.2. The van der Waals surface area contributed by atoms with Crippen LogP contribution in [-0.4, -0.2) is 16.3 Å². The van der Waals surface area contributed by atoms with E-state index in [2.05, 4.69) is 4.98 Å². The van der Waals surface area contributed by atoms with Gasteiger partial charge in [0.1, 0.15) is 0 Å². The van der Waals surface area contributed by atoms with E-state index in [4.69, 9.17) is 4.74 Å². The topological polar surface area (TPSA) is 42.4 Å². The van der Waals surface area contributed by atoms with Gasteiger partial charge in [-0.1, -0.05) is 12.1 Å². The minimum Gasteiger partial charge on any atom is -0.504 e. The van der Waals surface area contributed by atoms with Gasteiger partial charge < -0.3 is 9.84 Å². The summed E-state index contributed by atoms with van der Waals surface area (Å²) in [6, 6.07) is 5.98. The number of phenols is 1. The number of rotatable bonds is 3. The third-order valence-electron chi connectivity index (χ3n) is 2.47. The van der Waals surface area contributed by atoms with E-state index in [0.29, 0.717) is 6.07 Å². The van der Waals surface area contributed by atoms with Crippen molar-refractivity contribution in [3.8, 4) is 17.4 Å². The lowest BCUT2D eigenvalue weighted by atomic mass is 10.1. The van der Waals surface area contributed by atoms with Crippen molar-refractivity contribution in [2.24, 2.45) is 0 Å². The fourth-order valence-electron chi connectivity index (χ4n) is 1.53. The lowest BCUT2D eigenvalue weighted by Gasteiger charge is -2.14. The first-order valence-corrected chi connectivity index (χ1v) is 5.61. The molecule has 1 unspecified atom stereocenters. The molecule has 1 atom stereocenters. The normalized spacial score (nSPS) is 13.0. The maximum absolute atomic E-state index is 13.1. The standard InChI is InChI=1S/C13H8F5NO2/c14-10-2-1-3-11(19-10)21-9-5-4-7(6-8(9)20)12(15)13(16,17)18/h1-6,12,20H. The van der Waals surface area contributed by atoms with E-state index >= 15 is 0 Å². The Labute approximate surface area is 115 Å². The van der Waals surface area contributed by atoms with Gasteiger partial charge in [-0.3, -0.25) is 0 Å². The van der Waals surface area contributed by atoms with E-state index in [1.807, 2.05) is 0 Å². The molecule has 2 aromatic rings. The molecule has 3 nitrogen and oxygen atoms in total. The average molecular weight is 305 g/mol. The van der Waals surface area contributed by atoms with Crippen LogP contribution in [0, 0.1) is 5.95 Å². The molecule has 112 valence electrons. The van der Waals surface area contributed by atoms with Gasteiger partial charge in [0.25, 0.3) is 0 Å². The number of aromatic hydroxyl groups is 1. The molecule has 1 aromatic carbocycles. The van der Waals surface area contributed by atoms with E-state index in [1.54, 1.807) is 0 Å². The monoisotopic (exact) mass is 305 g/mol. The summed E-state index contributed by atoms with van der Waals surface area (Å²) in [5.74, 6) is -2.02. The Morgan fingerprint density at radius 2 is 1.86 bits per heavy atom. The van der Waals surface area contributed by atoms with Crippen LogP contribution in [0.4, 0.5) is 22.0 Å². The zero-order chi connectivity index (χ0) is 15.6. The molecule has 0 aliphatic carbocycles. The van der Waals surface area contributed by atoms with Crippen LogP contribution >= 0.6 is 0 Å². The fourth-order valence-corrected chi connectivity index (χ4v) is 1.53. The number of hydrogen-bond acceptors (Lipinski definition) is 3. The highest BCUT2D eigenvalue weighted by atomic mass is 19.4. The molecule has 0 aliphatic rings. The van der Waals surface area contributed by atoms with Gasteiger partial charge in [-0.15, -0.1) is 0 Å². The van der Waals surface area contributed by atoms with E-state index < -0.39 is 29.6 Å². The number of benzene rings is 1. The van der Waals surface area contributed by atoms with Crippen molar-refractivity contribution in [1.29, 1.82) is 0 Å². The molecule has 0 bridgehead atoms. The van der Waals surface area contributed by atoms with Crippen molar-refractivity contribution >= 4 is 0 Å². The quantitative estimate of drug-likeness (QED) is 0.679. The Kier molecular flexibility index (Phi) is 3.97. The van der Waals surface area contributed by atoms with Gasteiger partial charge in [0.15, 0.2) is 11.5 Å². The molecule has 0 saturated carbocycles. The predicted octanol–water partition coefficient (Wildman–Crippen LogP) is 4.29. The van der Waals surface area contributed by atoms with Crippen molar-refractivity contribution < 1.29 is 31.8 Å². The summed E-state index contributed by atoms with van der Waals surface area (Å²) in [7, 11) is 0. The first kappa shape index (κ1) is 15.0. The van der Waals surface area contributed by atoms with Crippen LogP contribution in [0.3, 0.4) is 0 Å². The van der Waals surface area contributed by atoms with E-state index in [0.717, 1.165) is 18.2 Å². The Bertz CT molecular complexity index is 645. The smallest absolute Gasteiger partial charge is 0.423 e. The van der Waals surface area contributed by atoms with Crippen molar-refractivity contribution in [1.82, 2.24) is 4.98 Å². The van der Waals surface area contributed by atoms with Crippen LogP contribution < -0.4 is 4.74 Å². The molecule has 1 N–H and O–H groups in total. The molecule has 2 rings (SSSR count). The van der Waals surface area contributed by atoms with Crippen LogP contribution in [0.5, 0.6) is 17.4 Å². The molecule has 0 aliphatic heterocycles. The third kappa shape index (κ3) is 3.59. The van der Waals surface area contributed by atoms with Gasteiger partial charge in [0.05, 0.1) is 0 Å². The molecule has 0 saturated heterocycles. The summed E-state index contributed by atoms with van der Waals surface area (Å²) < 4.78 is 67.6. The Morgan fingerprint density at radius 3 is 2.43 bits per heavy atom. The van der Waals surface area contributed by atoms with Crippen LogP contribution in [0.15, 0.2) is 36.4 Å². The second-order valence-electron chi connectivity index (χ2n) is 4.03. The van der Waals surface area contributed by atoms with Gasteiger partial charge in [0.2, 0.25) is 18.0 Å². The van der Waals surface area contributed by atoms with Crippen molar-refractivity contribution in [2.45, 2.75) is 12.3 Å². The molecule has 0 fully saturated rings. The van der Waals surface area contributed by atoms with Crippen molar-refractivity contribution in [3.63, 3.8) is 0 Å². The number of pyridine rings is 1. The third-order valence-corrected chi connectivity index (χ3v) is 2.47. The highest BCUT2D eigenvalue weighted by Gasteiger charge is 2.41. The maximum Gasteiger partial charge on any atom is 0.423 e. The Morgan fingerprint density at radius 1 is 1.14 bits per heavy atom. The van der Waals surface area contributed by atoms with E-state index in [-0.39, 0.29) is 11.6 Å². The maximum atomic E-state index is 13.1. The average Bonchev–Trinajstić information content (AvgIpc) is 2.39. The fraction of sp³-hybridized carbons (Fsp3) is 0.154. The second kappa shape index (κ2) is 5.55. The highest BCUT2D eigenvalue weighted by molar-refractivity contribution is 5.44. The van der Waals surface area contributed by atoms with E-state index in [9.17, 15) is 27.1 Å². The van der Waals surface area contributed by atoms with Gasteiger partial charge in [-0.2, -0.15) is 22.5 Å². The summed E-state index contributed by atoms with van der Waals surface area (Å²) >= 11 is 0. The number of aromatic nitrogens is 1. The lowest BCUT2D eigenvalue weighted by molar-refractivity contribution is -0.182. The Balaban J connectivity index is 2.24. The number of halogens is 5. The number of ether oxygens (including phenoxy) is 1. The molecule has 21 heavy (non-hydrogen) atoms. The first-order chi connectivity index (χ1) is 9.77. The summed E-state index contributed by atoms with van der Waals surface area (Å²) in [4.78, 5) is 3.35. The molecule has 0 amide bonds. The lowest BCUT2D eigenvalue weighted by Crippen LogP contribution is -2.16. The predicted molar refractivity (Wildman–Crippen MR) is 62.3 cm³/mol. The molecule has 0 spiro atoms. The van der Waals surface area contributed by atoms with Crippen molar-refractivity contribution in [3.05, 3.63) is 47.9 Å². The van der Waals surface area contributed by atoms with Crippen molar-refractivity contribution in [2.75, 3.05) is 0 Å². The highest BCUT2D eigenvalue weighted by Crippen LogP contribution is 2.39. The first-order valence-electron chi connectivity index (χ1n) is 5.61. The summed E-state index contributed by atoms with van der Waals surface area (Å²) in [5, 5.41) is 9.56. The van der Waals surface area contributed by atoms with Crippen LogP contribution in [0.2, 0.25) is 0 Å². The molecule has 8 heteroatoms. The molecular weight excluding hydrogens is 297 g/mol. The van der Waals surface area contributed by atoms with Gasteiger partial charge >= 0.3 is 6.18 Å². The SMILES string of the molecule is Oc1cc(C(F)C(F)(F)F)ccc1Oc1cccc(F)n1. The zero-order valence-corrected chi connectivity index (χ0v) is 10.2. The largest absolute Gasteiger partial charge is 0.504 e. The van der Waals surface area contributed by atoms with Crippen LogP contribution in [-0.2, 0) is 0 Å². The molecule has 0 radical (unpaired) electrons. The van der Waals surface area contributed by atoms with Crippen LogP contribution in [0.1, 0.15) is 11.7 Å². The summed E-state index contributed by atoms with van der Waals surface area (Å²) in [6.07, 6.45) is -8.29. The second-order valence-corrected chi connectivity index (χ2v) is 4.03. The van der Waals surface area contributed by atoms with Gasteiger partial charge in [-0.25, -0.2) is 4.39 Å². The molecule has 1 aromatic heterocycles. The molecular formula is C13H8F5NO2. The van der Waals surface area contributed by atoms with Gasteiger partial charge in [-0.05, 0) is 23.8 Å². The number of hydrogen-bond donors (Lipinski definition) is 1. The van der Waals surface area contributed by atoms with Gasteiger partial charge in [0, 0.05) is 6.07 Å². The molecule has 1 heterocycles. The minimum absolute atomic E-state index is 0.203. The number of phenolic OH excluding ortho intramolecular Hbond substituents is 1. The van der Waals surface area contributed by atoms with Crippen LogP contribution in [0.25, 0.3) is 0 Å². The number of alkyl halides is 4. The van der Waals surface area contributed by atoms with E-state index in [1.165, 1.54) is 12.1 Å². The number of nitrogens with zero attached hydrogens (tertiary/aromatic N) is 1. The summed E-state index contributed by atoms with van der Waals surface area (Å²) in [5.41, 5.74) is -0.764.